The van der Waals surface area contributed by atoms with Gasteiger partial charge in [0, 0.05) is 20.1 Å². The number of aromatic carboxylic acids is 1. The molecule has 1 aromatic rings. The summed E-state index contributed by atoms with van der Waals surface area (Å²) in [6.07, 6.45) is 0.720. The summed E-state index contributed by atoms with van der Waals surface area (Å²) in [5.74, 6) is -2.20. The lowest BCUT2D eigenvalue weighted by molar-refractivity contribution is -0.127. The zero-order valence-electron chi connectivity index (χ0n) is 10.6. The monoisotopic (exact) mass is 266 g/mol. The number of hydrogen-bond donors (Lipinski definition) is 1. The fourth-order valence-electron chi connectivity index (χ4n) is 2.18. The number of likely N-dealkylation sites (N-methyl/N-ethyl adjacent to an activating group) is 1. The predicted molar refractivity (Wildman–Crippen MR) is 67.8 cm³/mol. The third-order valence-corrected chi connectivity index (χ3v) is 3.22. The van der Waals surface area contributed by atoms with Crippen LogP contribution in [0, 0.1) is 5.82 Å². The number of carbonyl (C=O) groups is 2. The van der Waals surface area contributed by atoms with Gasteiger partial charge in [-0.15, -0.1) is 0 Å². The van der Waals surface area contributed by atoms with Crippen LogP contribution in [-0.4, -0.2) is 48.6 Å². The molecule has 0 unspecified atom stereocenters. The van der Waals surface area contributed by atoms with Crippen LogP contribution in [0.15, 0.2) is 18.2 Å². The smallest absolute Gasteiger partial charge is 0.340 e. The van der Waals surface area contributed by atoms with E-state index in [9.17, 15) is 14.0 Å². The highest BCUT2D eigenvalue weighted by molar-refractivity contribution is 5.95. The first-order valence-electron chi connectivity index (χ1n) is 6.01. The Labute approximate surface area is 110 Å². The van der Waals surface area contributed by atoms with Crippen molar-refractivity contribution in [2.75, 3.05) is 31.6 Å². The quantitative estimate of drug-likeness (QED) is 0.873. The lowest BCUT2D eigenvalue weighted by Gasteiger charge is -2.23. The zero-order valence-corrected chi connectivity index (χ0v) is 10.6. The number of amides is 1. The minimum Gasteiger partial charge on any atom is -0.478 e. The molecule has 0 atom stereocenters. The Bertz CT molecular complexity index is 519. The lowest BCUT2D eigenvalue weighted by atomic mass is 10.1. The van der Waals surface area contributed by atoms with Gasteiger partial charge in [0.05, 0.1) is 12.2 Å². The van der Waals surface area contributed by atoms with Crippen molar-refractivity contribution in [1.29, 1.82) is 0 Å². The molecule has 102 valence electrons. The molecule has 1 aliphatic heterocycles. The van der Waals surface area contributed by atoms with Crippen molar-refractivity contribution in [1.82, 2.24) is 4.90 Å². The molecule has 0 radical (unpaired) electrons. The van der Waals surface area contributed by atoms with E-state index < -0.39 is 11.8 Å². The van der Waals surface area contributed by atoms with Crippen LogP contribution in [0.25, 0.3) is 0 Å². The summed E-state index contributed by atoms with van der Waals surface area (Å²) in [5, 5.41) is 9.10. The number of nitrogens with zero attached hydrogens (tertiary/aromatic N) is 2. The highest BCUT2D eigenvalue weighted by Crippen LogP contribution is 2.24. The SMILES string of the molecule is CN1CCCN(c2cccc(F)c2C(=O)O)CC1=O. The van der Waals surface area contributed by atoms with E-state index in [2.05, 4.69) is 0 Å². The van der Waals surface area contributed by atoms with Gasteiger partial charge in [-0.05, 0) is 18.6 Å². The molecule has 1 saturated heterocycles. The summed E-state index contributed by atoms with van der Waals surface area (Å²) in [6.45, 7) is 1.22. The van der Waals surface area contributed by atoms with Crippen molar-refractivity contribution < 1.29 is 19.1 Å². The second kappa shape index (κ2) is 5.26. The van der Waals surface area contributed by atoms with E-state index in [1.54, 1.807) is 16.8 Å². The van der Waals surface area contributed by atoms with Crippen LogP contribution >= 0.6 is 0 Å². The molecule has 1 heterocycles. The molecule has 1 aliphatic rings. The predicted octanol–water partition coefficient (Wildman–Crippen LogP) is 1.19. The Kier molecular flexibility index (Phi) is 3.69. The summed E-state index contributed by atoms with van der Waals surface area (Å²) in [6, 6.07) is 4.10. The Morgan fingerprint density at radius 1 is 1.37 bits per heavy atom. The minimum absolute atomic E-state index is 0.0697. The maximum atomic E-state index is 13.6. The van der Waals surface area contributed by atoms with Crippen LogP contribution in [0.3, 0.4) is 0 Å². The van der Waals surface area contributed by atoms with E-state index >= 15 is 0 Å². The van der Waals surface area contributed by atoms with Gasteiger partial charge >= 0.3 is 5.97 Å². The summed E-state index contributed by atoms with van der Waals surface area (Å²) in [7, 11) is 1.70. The summed E-state index contributed by atoms with van der Waals surface area (Å²) >= 11 is 0. The van der Waals surface area contributed by atoms with Gasteiger partial charge in [0.2, 0.25) is 5.91 Å². The molecule has 2 rings (SSSR count). The average molecular weight is 266 g/mol. The highest BCUT2D eigenvalue weighted by atomic mass is 19.1. The van der Waals surface area contributed by atoms with Crippen molar-refractivity contribution in [2.45, 2.75) is 6.42 Å². The molecule has 5 nitrogen and oxygen atoms in total. The normalized spacial score (nSPS) is 16.4. The summed E-state index contributed by atoms with van der Waals surface area (Å²) in [4.78, 5) is 26.2. The van der Waals surface area contributed by atoms with Gasteiger partial charge in [-0.3, -0.25) is 4.79 Å². The number of rotatable bonds is 2. The summed E-state index contributed by atoms with van der Waals surface area (Å²) < 4.78 is 13.6. The van der Waals surface area contributed by atoms with Gasteiger partial charge in [-0.25, -0.2) is 9.18 Å². The van der Waals surface area contributed by atoms with E-state index in [0.29, 0.717) is 13.1 Å². The molecular formula is C13H15FN2O3. The van der Waals surface area contributed by atoms with Crippen molar-refractivity contribution in [3.8, 4) is 0 Å². The molecule has 1 N–H and O–H groups in total. The number of anilines is 1. The van der Waals surface area contributed by atoms with Crippen molar-refractivity contribution in [3.63, 3.8) is 0 Å². The lowest BCUT2D eigenvalue weighted by Crippen LogP contribution is -2.35. The van der Waals surface area contributed by atoms with Crippen molar-refractivity contribution in [3.05, 3.63) is 29.6 Å². The zero-order chi connectivity index (χ0) is 14.0. The molecule has 1 fully saturated rings. The molecule has 6 heteroatoms. The number of halogens is 1. The Hall–Kier alpha value is -2.11. The second-order valence-electron chi connectivity index (χ2n) is 4.53. The van der Waals surface area contributed by atoms with Crippen LogP contribution in [0.4, 0.5) is 10.1 Å². The fourth-order valence-corrected chi connectivity index (χ4v) is 2.18. The number of carboxylic acids is 1. The number of carboxylic acid groups (broad SMARTS) is 1. The molecular weight excluding hydrogens is 251 g/mol. The van der Waals surface area contributed by atoms with Gasteiger partial charge in [0.15, 0.2) is 0 Å². The molecule has 0 saturated carbocycles. The molecule has 1 amide bonds. The summed E-state index contributed by atoms with van der Waals surface area (Å²) in [5.41, 5.74) is -0.115. The van der Waals surface area contributed by atoms with Gasteiger partial charge in [-0.1, -0.05) is 6.07 Å². The molecule has 0 aromatic heterocycles. The van der Waals surface area contributed by atoms with Crippen LogP contribution in [0.1, 0.15) is 16.8 Å². The number of benzene rings is 1. The standard InChI is InChI=1S/C13H15FN2O3/c1-15-6-3-7-16(8-11(15)17)10-5-2-4-9(14)12(10)13(18)19/h2,4-5H,3,6-8H2,1H3,(H,18,19). The van der Waals surface area contributed by atoms with Gasteiger partial charge in [0.25, 0.3) is 0 Å². The molecule has 0 spiro atoms. The first kappa shape index (κ1) is 13.3. The van der Waals surface area contributed by atoms with Crippen molar-refractivity contribution >= 4 is 17.6 Å². The Balaban J connectivity index is 2.38. The van der Waals surface area contributed by atoms with E-state index in [1.807, 2.05) is 0 Å². The van der Waals surface area contributed by atoms with E-state index in [-0.39, 0.29) is 23.7 Å². The van der Waals surface area contributed by atoms with Crippen LogP contribution < -0.4 is 4.90 Å². The molecule has 1 aromatic carbocycles. The van der Waals surface area contributed by atoms with Gasteiger partial charge < -0.3 is 14.9 Å². The van der Waals surface area contributed by atoms with Crippen LogP contribution in [-0.2, 0) is 4.79 Å². The number of carbonyl (C=O) groups excluding carboxylic acids is 1. The van der Waals surface area contributed by atoms with E-state index in [1.165, 1.54) is 12.1 Å². The van der Waals surface area contributed by atoms with Crippen LogP contribution in [0.2, 0.25) is 0 Å². The molecule has 19 heavy (non-hydrogen) atoms. The van der Waals surface area contributed by atoms with Crippen molar-refractivity contribution in [2.24, 2.45) is 0 Å². The largest absolute Gasteiger partial charge is 0.478 e. The maximum absolute atomic E-state index is 13.6. The van der Waals surface area contributed by atoms with Crippen LogP contribution in [0.5, 0.6) is 0 Å². The number of hydrogen-bond acceptors (Lipinski definition) is 3. The Morgan fingerprint density at radius 3 is 2.79 bits per heavy atom. The van der Waals surface area contributed by atoms with Gasteiger partial charge in [-0.2, -0.15) is 0 Å². The van der Waals surface area contributed by atoms with Gasteiger partial charge in [0.1, 0.15) is 11.4 Å². The first-order valence-corrected chi connectivity index (χ1v) is 6.01. The third-order valence-electron chi connectivity index (χ3n) is 3.22. The second-order valence-corrected chi connectivity index (χ2v) is 4.53. The highest BCUT2D eigenvalue weighted by Gasteiger charge is 2.24. The molecule has 0 aliphatic carbocycles. The Morgan fingerprint density at radius 2 is 2.11 bits per heavy atom. The maximum Gasteiger partial charge on any atom is 0.340 e. The van der Waals surface area contributed by atoms with E-state index in [0.717, 1.165) is 12.5 Å². The fraction of sp³-hybridized carbons (Fsp3) is 0.385. The average Bonchev–Trinajstić information content (AvgIpc) is 2.51. The topological polar surface area (TPSA) is 60.9 Å². The van der Waals surface area contributed by atoms with E-state index in [4.69, 9.17) is 5.11 Å². The first-order chi connectivity index (χ1) is 9.00. The third kappa shape index (κ3) is 2.67. The minimum atomic E-state index is -1.32. The molecule has 0 bridgehead atoms.